The molecule has 1 amide bonds. The molecule has 9 heteroatoms. The number of benzene rings is 2. The number of nitrogens with zero attached hydrogens (tertiary/aromatic N) is 2. The van der Waals surface area contributed by atoms with E-state index in [1.165, 1.54) is 18.4 Å². The van der Waals surface area contributed by atoms with Crippen molar-refractivity contribution in [1.82, 2.24) is 4.98 Å². The second-order valence-electron chi connectivity index (χ2n) is 7.14. The van der Waals surface area contributed by atoms with Crippen LogP contribution in [0.25, 0.3) is 22.4 Å². The van der Waals surface area contributed by atoms with Crippen LogP contribution in [0.15, 0.2) is 66.0 Å². The first-order valence-corrected chi connectivity index (χ1v) is 11.3. The van der Waals surface area contributed by atoms with Gasteiger partial charge in [0.25, 0.3) is 5.91 Å². The molecule has 0 aliphatic heterocycles. The summed E-state index contributed by atoms with van der Waals surface area (Å²) < 4.78 is 10.7. The van der Waals surface area contributed by atoms with E-state index in [2.05, 4.69) is 16.4 Å². The van der Waals surface area contributed by atoms with Gasteiger partial charge in [-0.3, -0.25) is 4.79 Å². The minimum Gasteiger partial charge on any atom is -0.467 e. The number of nitrogens with two attached hydrogens (primary N) is 1. The molecule has 4 aromatic rings. The van der Waals surface area contributed by atoms with Crippen LogP contribution in [0, 0.1) is 11.3 Å². The normalized spacial score (nSPS) is 10.5. The van der Waals surface area contributed by atoms with Gasteiger partial charge < -0.3 is 20.5 Å². The van der Waals surface area contributed by atoms with Crippen molar-refractivity contribution in [1.29, 1.82) is 5.26 Å². The lowest BCUT2D eigenvalue weighted by Crippen LogP contribution is -2.14. The number of carbonyl (C=O) groups is 1. The third-order valence-electron chi connectivity index (χ3n) is 4.86. The molecule has 0 bridgehead atoms. The molecule has 0 atom stereocenters. The van der Waals surface area contributed by atoms with Gasteiger partial charge in [-0.15, -0.1) is 11.3 Å². The maximum absolute atomic E-state index is 12.8. The summed E-state index contributed by atoms with van der Waals surface area (Å²) in [5, 5.41) is 15.1. The van der Waals surface area contributed by atoms with Crippen LogP contribution in [0.4, 0.5) is 11.5 Å². The van der Waals surface area contributed by atoms with Crippen LogP contribution in [0.3, 0.4) is 0 Å². The fourth-order valence-electron chi connectivity index (χ4n) is 3.35. The maximum Gasteiger partial charge on any atom is 0.266 e. The lowest BCUT2D eigenvalue weighted by atomic mass is 9.97. The molecule has 0 saturated heterocycles. The number of nitrogen functional groups attached to an aromatic ring is 1. The molecule has 2 aromatic heterocycles. The number of hydrogen-bond donors (Lipinski definition) is 2. The highest BCUT2D eigenvalue weighted by atomic mass is 35.5. The third kappa shape index (κ3) is 5.02. The molecule has 0 aliphatic carbocycles. The van der Waals surface area contributed by atoms with Gasteiger partial charge in [-0.2, -0.15) is 5.26 Å². The van der Waals surface area contributed by atoms with Crippen LogP contribution in [0.2, 0.25) is 5.02 Å². The summed E-state index contributed by atoms with van der Waals surface area (Å²) in [5.74, 6) is 0.239. The molecule has 0 unspecified atom stereocenters. The highest BCUT2D eigenvalue weighted by molar-refractivity contribution is 7.12. The van der Waals surface area contributed by atoms with Crippen LogP contribution < -0.4 is 15.8 Å². The molecule has 0 radical (unpaired) electrons. The van der Waals surface area contributed by atoms with Crippen molar-refractivity contribution >= 4 is 40.4 Å². The minimum absolute atomic E-state index is 0.0228. The van der Waals surface area contributed by atoms with Gasteiger partial charge in [0.1, 0.15) is 17.4 Å². The molecule has 7 nitrogen and oxygen atoms in total. The number of pyridine rings is 1. The van der Waals surface area contributed by atoms with Crippen molar-refractivity contribution in [3.8, 4) is 34.2 Å². The van der Waals surface area contributed by atoms with Crippen molar-refractivity contribution in [3.63, 3.8) is 0 Å². The summed E-state index contributed by atoms with van der Waals surface area (Å²) in [6, 6.07) is 19.6. The topological polar surface area (TPSA) is 110 Å². The predicted octanol–water partition coefficient (Wildman–Crippen LogP) is 5.82. The Kier molecular flexibility index (Phi) is 7.09. The van der Waals surface area contributed by atoms with Crippen molar-refractivity contribution in [3.05, 3.63) is 81.5 Å². The SMILES string of the molecule is COCOc1ccc(Cl)cc1-c1cc(-c2cccc(N)c2)c(C#N)c(NC(=O)c2cccs2)n1. The zero-order chi connectivity index (χ0) is 24.1. The van der Waals surface area contributed by atoms with E-state index in [1.54, 1.807) is 60.0 Å². The smallest absolute Gasteiger partial charge is 0.266 e. The Hall–Kier alpha value is -3.90. The molecule has 2 heterocycles. The predicted molar refractivity (Wildman–Crippen MR) is 134 cm³/mol. The molecule has 2 aromatic carbocycles. The number of anilines is 2. The van der Waals surface area contributed by atoms with Gasteiger partial charge in [0.15, 0.2) is 12.6 Å². The Morgan fingerprint density at radius 1 is 1.18 bits per heavy atom. The Labute approximate surface area is 205 Å². The van der Waals surface area contributed by atoms with Gasteiger partial charge >= 0.3 is 0 Å². The number of nitrogens with one attached hydrogen (secondary N) is 1. The number of amides is 1. The number of rotatable bonds is 7. The molecule has 0 aliphatic rings. The van der Waals surface area contributed by atoms with Crippen LogP contribution in [0.5, 0.6) is 5.75 Å². The molecule has 34 heavy (non-hydrogen) atoms. The largest absolute Gasteiger partial charge is 0.467 e. The van der Waals surface area contributed by atoms with Crippen molar-refractivity contribution in [2.24, 2.45) is 0 Å². The number of carbonyl (C=O) groups excluding carboxylic acids is 1. The van der Waals surface area contributed by atoms with E-state index in [1.807, 2.05) is 6.07 Å². The highest BCUT2D eigenvalue weighted by Crippen LogP contribution is 2.37. The quantitative estimate of drug-likeness (QED) is 0.249. The van der Waals surface area contributed by atoms with E-state index in [4.69, 9.17) is 26.8 Å². The molecule has 0 spiro atoms. The summed E-state index contributed by atoms with van der Waals surface area (Å²) in [6.45, 7) is 0.0228. The molecular formula is C25H19ClN4O3S. The molecule has 170 valence electrons. The Bertz CT molecular complexity index is 1380. The molecule has 0 fully saturated rings. The first-order valence-electron chi connectivity index (χ1n) is 10.1. The van der Waals surface area contributed by atoms with E-state index >= 15 is 0 Å². The van der Waals surface area contributed by atoms with Crippen LogP contribution in [-0.2, 0) is 4.74 Å². The molecular weight excluding hydrogens is 472 g/mol. The summed E-state index contributed by atoms with van der Waals surface area (Å²) in [5.41, 5.74) is 9.03. The minimum atomic E-state index is -0.364. The number of ether oxygens (including phenoxy) is 2. The van der Waals surface area contributed by atoms with E-state index in [0.29, 0.717) is 43.7 Å². The molecule has 4 rings (SSSR count). The second kappa shape index (κ2) is 10.4. The van der Waals surface area contributed by atoms with Crippen molar-refractivity contribution in [2.45, 2.75) is 0 Å². The Balaban J connectivity index is 1.93. The van der Waals surface area contributed by atoms with Crippen molar-refractivity contribution < 1.29 is 14.3 Å². The standard InChI is InChI=1S/C25H19ClN4O3S/c1-32-14-33-22-8-7-16(26)11-19(22)21-12-18(15-4-2-5-17(28)10-15)20(13-27)24(29-21)30-25(31)23-6-3-9-34-23/h2-12H,14,28H2,1H3,(H,29,30,31). The number of methoxy groups -OCH3 is 1. The Morgan fingerprint density at radius 3 is 2.74 bits per heavy atom. The zero-order valence-corrected chi connectivity index (χ0v) is 19.6. The second-order valence-corrected chi connectivity index (χ2v) is 8.52. The van der Waals surface area contributed by atoms with Crippen LogP contribution in [-0.4, -0.2) is 24.8 Å². The Morgan fingerprint density at radius 2 is 2.03 bits per heavy atom. The molecule has 0 saturated carbocycles. The van der Waals surface area contributed by atoms with E-state index < -0.39 is 0 Å². The van der Waals surface area contributed by atoms with E-state index in [-0.39, 0.29) is 24.1 Å². The summed E-state index contributed by atoms with van der Waals surface area (Å²) >= 11 is 7.57. The van der Waals surface area contributed by atoms with Crippen molar-refractivity contribution in [2.75, 3.05) is 25.0 Å². The zero-order valence-electron chi connectivity index (χ0n) is 18.0. The monoisotopic (exact) mass is 490 g/mol. The van der Waals surface area contributed by atoms with Gasteiger partial charge in [0.05, 0.1) is 10.6 Å². The lowest BCUT2D eigenvalue weighted by molar-refractivity contribution is 0.0515. The number of halogens is 1. The third-order valence-corrected chi connectivity index (χ3v) is 5.96. The first kappa shape index (κ1) is 23.3. The maximum atomic E-state index is 12.8. The van der Waals surface area contributed by atoms with Gasteiger partial charge in [0, 0.05) is 28.9 Å². The average Bonchev–Trinajstić information content (AvgIpc) is 3.38. The number of hydrogen-bond acceptors (Lipinski definition) is 7. The number of nitriles is 1. The number of aromatic nitrogens is 1. The van der Waals surface area contributed by atoms with Gasteiger partial charge in [0.2, 0.25) is 0 Å². The van der Waals surface area contributed by atoms with Gasteiger partial charge in [-0.25, -0.2) is 4.98 Å². The fraction of sp³-hybridized carbons (Fsp3) is 0.0800. The fourth-order valence-corrected chi connectivity index (χ4v) is 4.14. The lowest BCUT2D eigenvalue weighted by Gasteiger charge is -2.16. The average molecular weight is 491 g/mol. The van der Waals surface area contributed by atoms with Crippen LogP contribution in [0.1, 0.15) is 15.2 Å². The molecule has 3 N–H and O–H groups in total. The first-order chi connectivity index (χ1) is 16.5. The van der Waals surface area contributed by atoms with Crippen LogP contribution >= 0.6 is 22.9 Å². The van der Waals surface area contributed by atoms with Gasteiger partial charge in [-0.1, -0.05) is 29.8 Å². The highest BCUT2D eigenvalue weighted by Gasteiger charge is 2.20. The number of thiophene rings is 1. The van der Waals surface area contributed by atoms with Gasteiger partial charge in [-0.05, 0) is 53.4 Å². The summed E-state index contributed by atoms with van der Waals surface area (Å²) in [4.78, 5) is 17.9. The van der Waals surface area contributed by atoms with E-state index in [0.717, 1.165) is 0 Å². The summed E-state index contributed by atoms with van der Waals surface area (Å²) in [6.07, 6.45) is 0. The summed E-state index contributed by atoms with van der Waals surface area (Å²) in [7, 11) is 1.52. The van der Waals surface area contributed by atoms with E-state index in [9.17, 15) is 10.1 Å².